The molecule has 2 rings (SSSR count). The van der Waals surface area contributed by atoms with E-state index in [4.69, 9.17) is 0 Å². The average molecular weight is 424 g/mol. The smallest absolute Gasteiger partial charge is 0.362 e. The lowest BCUT2D eigenvalue weighted by Gasteiger charge is -2.38. The standard InChI is InChI=1S/C19H18F6O4/c1-15(26,27)11-3-7-13(8-4-11)17(18(20,21)22,19(23,24)25)14-9-5-12(6-10-14)16(2,28)29/h3-10,26-29H,1-2H3. The number of rotatable bonds is 4. The average Bonchev–Trinajstić information content (AvgIpc) is 2.52. The SMILES string of the molecule is CC(O)(O)c1ccc(C(c2ccc(C(C)(O)O)cc2)(C(F)(F)F)C(F)(F)F)cc1. The molecule has 0 radical (unpaired) electrons. The zero-order valence-corrected chi connectivity index (χ0v) is 15.2. The summed E-state index contributed by atoms with van der Waals surface area (Å²) in [4.78, 5) is 0. The van der Waals surface area contributed by atoms with Gasteiger partial charge in [0, 0.05) is 11.1 Å². The second kappa shape index (κ2) is 6.98. The second-order valence-electron chi connectivity index (χ2n) is 6.94. The maximum Gasteiger partial charge on any atom is 0.411 e. The highest BCUT2D eigenvalue weighted by Gasteiger charge is 2.72. The summed E-state index contributed by atoms with van der Waals surface area (Å²) in [7, 11) is 0. The molecule has 0 heterocycles. The first-order valence-corrected chi connectivity index (χ1v) is 8.17. The molecule has 4 N–H and O–H groups in total. The fourth-order valence-electron chi connectivity index (χ4n) is 3.05. The summed E-state index contributed by atoms with van der Waals surface area (Å²) in [5.41, 5.74) is -7.40. The third kappa shape index (κ3) is 4.11. The molecule has 0 fully saturated rings. The Morgan fingerprint density at radius 2 is 0.690 bits per heavy atom. The molecule has 160 valence electrons. The molecular formula is C19H18F6O4. The zero-order valence-electron chi connectivity index (χ0n) is 15.2. The maximum absolute atomic E-state index is 14.0. The van der Waals surface area contributed by atoms with Crippen LogP contribution in [0, 0.1) is 0 Å². The van der Waals surface area contributed by atoms with Gasteiger partial charge < -0.3 is 20.4 Å². The van der Waals surface area contributed by atoms with Crippen LogP contribution in [0.15, 0.2) is 48.5 Å². The summed E-state index contributed by atoms with van der Waals surface area (Å²) in [6.45, 7) is 1.81. The maximum atomic E-state index is 14.0. The first-order chi connectivity index (χ1) is 12.9. The van der Waals surface area contributed by atoms with Crippen molar-refractivity contribution in [3.63, 3.8) is 0 Å². The normalized spacial score (nSPS) is 14.2. The van der Waals surface area contributed by atoms with E-state index in [2.05, 4.69) is 0 Å². The lowest BCUT2D eigenvalue weighted by molar-refractivity contribution is -0.288. The first-order valence-electron chi connectivity index (χ1n) is 8.17. The first kappa shape index (κ1) is 23.1. The fourth-order valence-corrected chi connectivity index (χ4v) is 3.05. The molecule has 0 saturated heterocycles. The Kier molecular flexibility index (Phi) is 5.57. The minimum absolute atomic E-state index is 0.300. The van der Waals surface area contributed by atoms with Gasteiger partial charge in [-0.05, 0) is 25.0 Å². The van der Waals surface area contributed by atoms with E-state index >= 15 is 0 Å². The van der Waals surface area contributed by atoms with Crippen LogP contribution in [0.3, 0.4) is 0 Å². The van der Waals surface area contributed by atoms with Crippen LogP contribution in [0.5, 0.6) is 0 Å². The molecule has 29 heavy (non-hydrogen) atoms. The summed E-state index contributed by atoms with van der Waals surface area (Å²) in [6.07, 6.45) is -11.6. The Bertz CT molecular complexity index is 768. The number of hydrogen-bond acceptors (Lipinski definition) is 4. The molecule has 0 aliphatic carbocycles. The molecule has 2 aromatic rings. The molecule has 0 amide bonds. The topological polar surface area (TPSA) is 80.9 Å². The summed E-state index contributed by atoms with van der Waals surface area (Å²) in [6, 6.07) is 5.13. The lowest BCUT2D eigenvalue weighted by atomic mass is 9.72. The van der Waals surface area contributed by atoms with Crippen molar-refractivity contribution in [1.82, 2.24) is 0 Å². The Balaban J connectivity index is 2.80. The zero-order chi connectivity index (χ0) is 22.5. The Morgan fingerprint density at radius 3 is 0.862 bits per heavy atom. The number of halogens is 6. The van der Waals surface area contributed by atoms with Crippen LogP contribution in [-0.4, -0.2) is 32.8 Å². The summed E-state index contributed by atoms with van der Waals surface area (Å²) in [5.74, 6) is -4.90. The van der Waals surface area contributed by atoms with Gasteiger partial charge in [-0.25, -0.2) is 0 Å². The van der Waals surface area contributed by atoms with Gasteiger partial charge in [0.05, 0.1) is 0 Å². The van der Waals surface area contributed by atoms with E-state index in [1.54, 1.807) is 0 Å². The molecule has 0 aromatic heterocycles. The largest absolute Gasteiger partial charge is 0.411 e. The molecule has 0 bridgehead atoms. The van der Waals surface area contributed by atoms with Gasteiger partial charge in [0.1, 0.15) is 0 Å². The van der Waals surface area contributed by atoms with Crippen molar-refractivity contribution in [2.45, 2.75) is 43.2 Å². The van der Waals surface area contributed by atoms with E-state index in [0.29, 0.717) is 24.3 Å². The third-order valence-electron chi connectivity index (χ3n) is 4.58. The molecule has 0 atom stereocenters. The van der Waals surface area contributed by atoms with E-state index in [-0.39, 0.29) is 11.1 Å². The molecule has 0 aliphatic heterocycles. The Hall–Kier alpha value is -2.14. The van der Waals surface area contributed by atoms with Crippen LogP contribution in [-0.2, 0) is 17.0 Å². The molecule has 0 unspecified atom stereocenters. The molecule has 10 heteroatoms. The van der Waals surface area contributed by atoms with Gasteiger partial charge in [0.2, 0.25) is 5.41 Å². The van der Waals surface area contributed by atoms with E-state index in [9.17, 15) is 46.8 Å². The van der Waals surface area contributed by atoms with Gasteiger partial charge in [-0.15, -0.1) is 0 Å². The van der Waals surface area contributed by atoms with Crippen LogP contribution in [0.1, 0.15) is 36.1 Å². The van der Waals surface area contributed by atoms with Crippen molar-refractivity contribution < 1.29 is 46.8 Å². The van der Waals surface area contributed by atoms with Gasteiger partial charge in [0.25, 0.3) is 0 Å². The predicted molar refractivity (Wildman–Crippen MR) is 89.4 cm³/mol. The van der Waals surface area contributed by atoms with Crippen LogP contribution in [0.25, 0.3) is 0 Å². The highest BCUT2D eigenvalue weighted by Crippen LogP contribution is 2.56. The Morgan fingerprint density at radius 1 is 0.483 bits per heavy atom. The van der Waals surface area contributed by atoms with Gasteiger partial charge in [-0.3, -0.25) is 0 Å². The van der Waals surface area contributed by atoms with Gasteiger partial charge in [-0.1, -0.05) is 48.5 Å². The number of benzene rings is 2. The number of aliphatic hydroxyl groups is 4. The Labute approximate surface area is 161 Å². The summed E-state index contributed by atoms with van der Waals surface area (Å²) in [5, 5.41) is 38.0. The van der Waals surface area contributed by atoms with Crippen LogP contribution < -0.4 is 0 Å². The molecule has 2 aromatic carbocycles. The summed E-state index contributed by atoms with van der Waals surface area (Å²) >= 11 is 0. The van der Waals surface area contributed by atoms with Crippen LogP contribution >= 0.6 is 0 Å². The van der Waals surface area contributed by atoms with E-state index in [1.165, 1.54) is 0 Å². The molecular weight excluding hydrogens is 406 g/mol. The summed E-state index contributed by atoms with van der Waals surface area (Å²) < 4.78 is 84.0. The molecule has 0 saturated carbocycles. The minimum atomic E-state index is -5.82. The predicted octanol–water partition coefficient (Wildman–Crippen LogP) is 3.41. The van der Waals surface area contributed by atoms with E-state index in [1.807, 2.05) is 0 Å². The molecule has 4 nitrogen and oxygen atoms in total. The molecule has 0 aliphatic rings. The van der Waals surface area contributed by atoms with Crippen molar-refractivity contribution in [1.29, 1.82) is 0 Å². The van der Waals surface area contributed by atoms with Gasteiger partial charge in [-0.2, -0.15) is 26.3 Å². The van der Waals surface area contributed by atoms with Crippen molar-refractivity contribution >= 4 is 0 Å². The highest BCUT2D eigenvalue weighted by atomic mass is 19.4. The second-order valence-corrected chi connectivity index (χ2v) is 6.94. The van der Waals surface area contributed by atoms with Crippen molar-refractivity contribution in [3.05, 3.63) is 70.8 Å². The molecule has 0 spiro atoms. The van der Waals surface area contributed by atoms with Crippen LogP contribution in [0.2, 0.25) is 0 Å². The van der Waals surface area contributed by atoms with E-state index < -0.39 is 40.5 Å². The number of hydrogen-bond donors (Lipinski definition) is 4. The quantitative estimate of drug-likeness (QED) is 0.448. The lowest BCUT2D eigenvalue weighted by Crippen LogP contribution is -2.54. The highest BCUT2D eigenvalue weighted by molar-refractivity contribution is 5.46. The van der Waals surface area contributed by atoms with Crippen molar-refractivity contribution in [2.24, 2.45) is 0 Å². The monoisotopic (exact) mass is 424 g/mol. The minimum Gasteiger partial charge on any atom is -0.362 e. The fraction of sp³-hybridized carbons (Fsp3) is 0.368. The number of alkyl halides is 6. The van der Waals surface area contributed by atoms with E-state index in [0.717, 1.165) is 38.1 Å². The van der Waals surface area contributed by atoms with Gasteiger partial charge in [0.15, 0.2) is 11.6 Å². The van der Waals surface area contributed by atoms with Crippen LogP contribution in [0.4, 0.5) is 26.3 Å². The van der Waals surface area contributed by atoms with Crippen molar-refractivity contribution in [3.8, 4) is 0 Å². The van der Waals surface area contributed by atoms with Gasteiger partial charge >= 0.3 is 12.4 Å². The third-order valence-corrected chi connectivity index (χ3v) is 4.58. The van der Waals surface area contributed by atoms with Crippen molar-refractivity contribution in [2.75, 3.05) is 0 Å².